The predicted octanol–water partition coefficient (Wildman–Crippen LogP) is -0.773. The SMILES string of the molecule is CNC1COCC1C(=O)NC(C)c1nncn1C. The number of aryl methyl sites for hydroxylation is 1. The van der Waals surface area contributed by atoms with Crippen molar-refractivity contribution in [1.29, 1.82) is 0 Å². The number of hydrogen-bond acceptors (Lipinski definition) is 5. The molecule has 0 bridgehead atoms. The van der Waals surface area contributed by atoms with Gasteiger partial charge in [0.1, 0.15) is 6.33 Å². The highest BCUT2D eigenvalue weighted by molar-refractivity contribution is 5.80. The molecular weight excluding hydrogens is 234 g/mol. The van der Waals surface area contributed by atoms with Gasteiger partial charge < -0.3 is 19.9 Å². The van der Waals surface area contributed by atoms with Crippen LogP contribution < -0.4 is 10.6 Å². The Morgan fingerprint density at radius 3 is 3.00 bits per heavy atom. The Balaban J connectivity index is 1.97. The van der Waals surface area contributed by atoms with E-state index in [0.29, 0.717) is 13.2 Å². The number of amides is 1. The molecular formula is C11H19N5O2. The number of hydrogen-bond donors (Lipinski definition) is 2. The zero-order valence-electron chi connectivity index (χ0n) is 10.9. The number of nitrogens with one attached hydrogen (secondary N) is 2. The van der Waals surface area contributed by atoms with Gasteiger partial charge in [0, 0.05) is 13.1 Å². The van der Waals surface area contributed by atoms with Crippen LogP contribution in [0.1, 0.15) is 18.8 Å². The highest BCUT2D eigenvalue weighted by atomic mass is 16.5. The summed E-state index contributed by atoms with van der Waals surface area (Å²) >= 11 is 0. The van der Waals surface area contributed by atoms with Crippen LogP contribution in [0.3, 0.4) is 0 Å². The summed E-state index contributed by atoms with van der Waals surface area (Å²) in [6, 6.07) is -0.0835. The predicted molar refractivity (Wildman–Crippen MR) is 64.7 cm³/mol. The van der Waals surface area contributed by atoms with Crippen LogP contribution in [0.4, 0.5) is 0 Å². The van der Waals surface area contributed by atoms with Gasteiger partial charge in [-0.05, 0) is 14.0 Å². The van der Waals surface area contributed by atoms with Crippen LogP contribution >= 0.6 is 0 Å². The highest BCUT2D eigenvalue weighted by Gasteiger charge is 2.33. The summed E-state index contributed by atoms with van der Waals surface area (Å²) in [5.74, 6) is 0.580. The van der Waals surface area contributed by atoms with Crippen molar-refractivity contribution in [3.8, 4) is 0 Å². The topological polar surface area (TPSA) is 81.1 Å². The summed E-state index contributed by atoms with van der Waals surface area (Å²) in [6.07, 6.45) is 1.62. The van der Waals surface area contributed by atoms with Gasteiger partial charge in [-0.2, -0.15) is 0 Å². The summed E-state index contributed by atoms with van der Waals surface area (Å²) in [6.45, 7) is 2.93. The molecule has 100 valence electrons. The van der Waals surface area contributed by atoms with Crippen molar-refractivity contribution in [3.63, 3.8) is 0 Å². The fourth-order valence-corrected chi connectivity index (χ4v) is 2.17. The van der Waals surface area contributed by atoms with Gasteiger partial charge in [-0.15, -0.1) is 10.2 Å². The molecule has 3 unspecified atom stereocenters. The second-order valence-corrected chi connectivity index (χ2v) is 4.57. The molecule has 1 fully saturated rings. The van der Waals surface area contributed by atoms with E-state index >= 15 is 0 Å². The lowest BCUT2D eigenvalue weighted by Gasteiger charge is -2.19. The van der Waals surface area contributed by atoms with Gasteiger partial charge in [-0.25, -0.2) is 0 Å². The number of rotatable bonds is 4. The Bertz CT molecular complexity index is 419. The molecule has 1 saturated heterocycles. The number of carbonyl (C=O) groups excluding carboxylic acids is 1. The van der Waals surface area contributed by atoms with E-state index < -0.39 is 0 Å². The summed E-state index contributed by atoms with van der Waals surface area (Å²) < 4.78 is 7.12. The quantitative estimate of drug-likeness (QED) is 0.736. The maximum absolute atomic E-state index is 12.1. The van der Waals surface area contributed by atoms with E-state index in [4.69, 9.17) is 4.74 Å². The molecule has 2 heterocycles. The molecule has 3 atom stereocenters. The number of aromatic nitrogens is 3. The van der Waals surface area contributed by atoms with Crippen LogP contribution in [0.25, 0.3) is 0 Å². The van der Waals surface area contributed by atoms with Crippen molar-refractivity contribution in [2.75, 3.05) is 20.3 Å². The Morgan fingerprint density at radius 2 is 2.39 bits per heavy atom. The smallest absolute Gasteiger partial charge is 0.227 e. The number of ether oxygens (including phenoxy) is 1. The molecule has 1 aliphatic rings. The van der Waals surface area contributed by atoms with E-state index in [1.807, 2.05) is 21.0 Å². The minimum absolute atomic E-state index is 0.0117. The van der Waals surface area contributed by atoms with Crippen LogP contribution in [0, 0.1) is 5.92 Å². The van der Waals surface area contributed by atoms with Gasteiger partial charge in [0.15, 0.2) is 5.82 Å². The summed E-state index contributed by atoms with van der Waals surface area (Å²) in [5.41, 5.74) is 0. The van der Waals surface area contributed by atoms with E-state index in [-0.39, 0.29) is 23.9 Å². The molecule has 7 nitrogen and oxygen atoms in total. The summed E-state index contributed by atoms with van der Waals surface area (Å²) in [7, 11) is 3.69. The van der Waals surface area contributed by atoms with Crippen molar-refractivity contribution in [2.24, 2.45) is 13.0 Å². The zero-order valence-corrected chi connectivity index (χ0v) is 10.9. The zero-order chi connectivity index (χ0) is 13.1. The van der Waals surface area contributed by atoms with E-state index in [0.717, 1.165) is 5.82 Å². The molecule has 1 aromatic rings. The van der Waals surface area contributed by atoms with E-state index in [9.17, 15) is 4.79 Å². The molecule has 2 rings (SSSR count). The van der Waals surface area contributed by atoms with Gasteiger partial charge in [0.25, 0.3) is 0 Å². The minimum Gasteiger partial charge on any atom is -0.379 e. The molecule has 1 aromatic heterocycles. The van der Waals surface area contributed by atoms with Crippen molar-refractivity contribution in [1.82, 2.24) is 25.4 Å². The average molecular weight is 253 g/mol. The van der Waals surface area contributed by atoms with Crippen molar-refractivity contribution in [3.05, 3.63) is 12.2 Å². The number of likely N-dealkylation sites (N-methyl/N-ethyl adjacent to an activating group) is 1. The lowest BCUT2D eigenvalue weighted by molar-refractivity contribution is -0.126. The fourth-order valence-electron chi connectivity index (χ4n) is 2.17. The summed E-state index contributed by atoms with van der Waals surface area (Å²) in [4.78, 5) is 12.1. The molecule has 1 aliphatic heterocycles. The molecule has 2 N–H and O–H groups in total. The molecule has 7 heteroatoms. The standard InChI is InChI=1S/C11H19N5O2/c1-7(10-15-13-6-16(10)3)14-11(17)8-4-18-5-9(8)12-2/h6-9,12H,4-5H2,1-3H3,(H,14,17). The lowest BCUT2D eigenvalue weighted by Crippen LogP contribution is -2.43. The Kier molecular flexibility index (Phi) is 3.93. The normalized spacial score (nSPS) is 25.1. The average Bonchev–Trinajstić information content (AvgIpc) is 2.96. The molecule has 18 heavy (non-hydrogen) atoms. The molecule has 0 spiro atoms. The van der Waals surface area contributed by atoms with E-state index in [1.165, 1.54) is 0 Å². The number of carbonyl (C=O) groups is 1. The van der Waals surface area contributed by atoms with Crippen LogP contribution in [0.15, 0.2) is 6.33 Å². The van der Waals surface area contributed by atoms with Crippen molar-refractivity contribution in [2.45, 2.75) is 19.0 Å². The monoisotopic (exact) mass is 253 g/mol. The van der Waals surface area contributed by atoms with Crippen molar-refractivity contribution < 1.29 is 9.53 Å². The first-order valence-corrected chi connectivity index (χ1v) is 6.02. The van der Waals surface area contributed by atoms with Crippen LogP contribution in [0.2, 0.25) is 0 Å². The number of nitrogens with zero attached hydrogens (tertiary/aromatic N) is 3. The first-order valence-electron chi connectivity index (χ1n) is 6.02. The lowest BCUT2D eigenvalue weighted by atomic mass is 10.0. The first kappa shape index (κ1) is 13.0. The first-order chi connectivity index (χ1) is 8.63. The van der Waals surface area contributed by atoms with Gasteiger partial charge in [-0.3, -0.25) is 4.79 Å². The van der Waals surface area contributed by atoms with E-state index in [1.54, 1.807) is 10.9 Å². The second-order valence-electron chi connectivity index (χ2n) is 4.57. The minimum atomic E-state index is -0.164. The Morgan fingerprint density at radius 1 is 1.61 bits per heavy atom. The largest absolute Gasteiger partial charge is 0.379 e. The van der Waals surface area contributed by atoms with Crippen LogP contribution in [0.5, 0.6) is 0 Å². The Hall–Kier alpha value is -1.47. The molecule has 0 saturated carbocycles. The molecule has 1 amide bonds. The second kappa shape index (κ2) is 5.45. The molecule has 0 radical (unpaired) electrons. The van der Waals surface area contributed by atoms with Gasteiger partial charge in [0.2, 0.25) is 5.91 Å². The molecule has 0 aromatic carbocycles. The van der Waals surface area contributed by atoms with Gasteiger partial charge in [0.05, 0.1) is 25.2 Å². The maximum Gasteiger partial charge on any atom is 0.227 e. The third-order valence-electron chi connectivity index (χ3n) is 3.28. The molecule has 0 aliphatic carbocycles. The third kappa shape index (κ3) is 2.51. The fraction of sp³-hybridized carbons (Fsp3) is 0.727. The maximum atomic E-state index is 12.1. The third-order valence-corrected chi connectivity index (χ3v) is 3.28. The van der Waals surface area contributed by atoms with Crippen LogP contribution in [-0.4, -0.2) is 47.0 Å². The summed E-state index contributed by atoms with van der Waals surface area (Å²) in [5, 5.41) is 13.8. The van der Waals surface area contributed by atoms with Crippen molar-refractivity contribution >= 4 is 5.91 Å². The van der Waals surface area contributed by atoms with Gasteiger partial charge >= 0.3 is 0 Å². The van der Waals surface area contributed by atoms with Crippen LogP contribution in [-0.2, 0) is 16.6 Å². The van der Waals surface area contributed by atoms with Gasteiger partial charge in [-0.1, -0.05) is 0 Å². The van der Waals surface area contributed by atoms with E-state index in [2.05, 4.69) is 20.8 Å². The Labute approximate surface area is 106 Å². The highest BCUT2D eigenvalue weighted by Crippen LogP contribution is 2.16.